The maximum atomic E-state index is 12.8. The zero-order valence-electron chi connectivity index (χ0n) is 14.2. The summed E-state index contributed by atoms with van der Waals surface area (Å²) >= 11 is 0. The monoisotopic (exact) mass is 343 g/mol. The van der Waals surface area contributed by atoms with Gasteiger partial charge in [0.1, 0.15) is 17.1 Å². The van der Waals surface area contributed by atoms with Crippen LogP contribution in [0.1, 0.15) is 15.9 Å². The number of pyridine rings is 1. The van der Waals surface area contributed by atoms with Crippen LogP contribution in [-0.2, 0) is 0 Å². The summed E-state index contributed by atoms with van der Waals surface area (Å²) in [4.78, 5) is 17.2. The summed E-state index contributed by atoms with van der Waals surface area (Å²) in [6, 6.07) is 20.3. The van der Waals surface area contributed by atoms with E-state index in [9.17, 15) is 4.79 Å². The van der Waals surface area contributed by atoms with Crippen molar-refractivity contribution in [2.45, 2.75) is 0 Å². The van der Waals surface area contributed by atoms with Crippen LogP contribution in [0.2, 0.25) is 0 Å². The van der Waals surface area contributed by atoms with E-state index in [4.69, 9.17) is 10.5 Å². The standard InChI is InChI=1S/C21H17N3O2/c1-26-17-10-6-5-9-16(17)19-21(22)23-18-12-11-15(13-24(18)19)20(25)14-7-3-2-4-8-14/h2-13H,22H2,1H3. The van der Waals surface area contributed by atoms with Gasteiger partial charge in [-0.05, 0) is 24.3 Å². The minimum atomic E-state index is -0.0502. The molecule has 128 valence electrons. The fourth-order valence-electron chi connectivity index (χ4n) is 3.06. The van der Waals surface area contributed by atoms with Gasteiger partial charge in [0.25, 0.3) is 0 Å². The van der Waals surface area contributed by atoms with E-state index < -0.39 is 0 Å². The van der Waals surface area contributed by atoms with Crippen LogP contribution in [0, 0.1) is 0 Å². The molecule has 0 radical (unpaired) electrons. The highest BCUT2D eigenvalue weighted by Gasteiger charge is 2.17. The van der Waals surface area contributed by atoms with Crippen molar-refractivity contribution in [3.05, 3.63) is 84.1 Å². The van der Waals surface area contributed by atoms with Gasteiger partial charge in [0.05, 0.1) is 7.11 Å². The lowest BCUT2D eigenvalue weighted by atomic mass is 10.1. The molecule has 0 bridgehead atoms. The highest BCUT2D eigenvalue weighted by Crippen LogP contribution is 2.34. The van der Waals surface area contributed by atoms with Gasteiger partial charge in [0.2, 0.25) is 0 Å². The van der Waals surface area contributed by atoms with E-state index >= 15 is 0 Å². The van der Waals surface area contributed by atoms with Crippen LogP contribution in [0.15, 0.2) is 72.9 Å². The average molecular weight is 343 g/mol. The van der Waals surface area contributed by atoms with Gasteiger partial charge in [0.15, 0.2) is 11.6 Å². The predicted octanol–water partition coefficient (Wildman–Crippen LogP) is 3.82. The van der Waals surface area contributed by atoms with Crippen LogP contribution >= 0.6 is 0 Å². The minimum Gasteiger partial charge on any atom is -0.496 e. The number of carbonyl (C=O) groups is 1. The number of methoxy groups -OCH3 is 1. The number of rotatable bonds is 4. The van der Waals surface area contributed by atoms with Crippen molar-refractivity contribution >= 4 is 17.2 Å². The summed E-state index contributed by atoms with van der Waals surface area (Å²) in [5, 5.41) is 0. The van der Waals surface area contributed by atoms with E-state index in [0.29, 0.717) is 34.0 Å². The molecule has 5 nitrogen and oxygen atoms in total. The first-order valence-corrected chi connectivity index (χ1v) is 8.20. The molecule has 0 aliphatic heterocycles. The van der Waals surface area contributed by atoms with Crippen molar-refractivity contribution < 1.29 is 9.53 Å². The summed E-state index contributed by atoms with van der Waals surface area (Å²) in [5.74, 6) is 1.03. The summed E-state index contributed by atoms with van der Waals surface area (Å²) in [7, 11) is 1.61. The number of para-hydroxylation sites is 1. The Bertz CT molecular complexity index is 1100. The molecule has 0 amide bonds. The topological polar surface area (TPSA) is 69.6 Å². The lowest BCUT2D eigenvalue weighted by Gasteiger charge is -2.09. The number of benzene rings is 2. The van der Waals surface area contributed by atoms with Gasteiger partial charge in [-0.3, -0.25) is 9.20 Å². The predicted molar refractivity (Wildman–Crippen MR) is 101 cm³/mol. The molecule has 0 aliphatic carbocycles. The molecule has 0 spiro atoms. The molecule has 0 saturated carbocycles. The molecule has 2 aromatic heterocycles. The van der Waals surface area contributed by atoms with Crippen LogP contribution in [0.5, 0.6) is 5.75 Å². The Kier molecular flexibility index (Phi) is 3.89. The van der Waals surface area contributed by atoms with Crippen LogP contribution in [0.25, 0.3) is 16.9 Å². The molecule has 4 rings (SSSR count). The zero-order valence-corrected chi connectivity index (χ0v) is 14.2. The number of aromatic nitrogens is 2. The van der Waals surface area contributed by atoms with E-state index in [2.05, 4.69) is 4.98 Å². The zero-order chi connectivity index (χ0) is 18.1. The largest absolute Gasteiger partial charge is 0.496 e. The third-order valence-electron chi connectivity index (χ3n) is 4.31. The Hall–Kier alpha value is -3.60. The van der Waals surface area contributed by atoms with E-state index in [1.807, 2.05) is 46.9 Å². The average Bonchev–Trinajstić information content (AvgIpc) is 3.02. The molecule has 0 aliphatic rings. The fraction of sp³-hybridized carbons (Fsp3) is 0.0476. The molecule has 0 saturated heterocycles. The number of carbonyl (C=O) groups excluding carboxylic acids is 1. The third-order valence-corrected chi connectivity index (χ3v) is 4.31. The second-order valence-corrected chi connectivity index (χ2v) is 5.89. The maximum absolute atomic E-state index is 12.8. The molecular weight excluding hydrogens is 326 g/mol. The molecule has 26 heavy (non-hydrogen) atoms. The number of ketones is 1. The van der Waals surface area contributed by atoms with E-state index in [1.165, 1.54) is 0 Å². The number of nitrogen functional groups attached to an aromatic ring is 1. The second-order valence-electron chi connectivity index (χ2n) is 5.89. The quantitative estimate of drug-likeness (QED) is 0.572. The summed E-state index contributed by atoms with van der Waals surface area (Å²) in [5.41, 5.74) is 9.58. The summed E-state index contributed by atoms with van der Waals surface area (Å²) in [6.07, 6.45) is 1.77. The fourth-order valence-corrected chi connectivity index (χ4v) is 3.06. The third kappa shape index (κ3) is 2.59. The first-order valence-electron chi connectivity index (χ1n) is 8.20. The molecule has 2 aromatic carbocycles. The Morgan fingerprint density at radius 2 is 1.69 bits per heavy atom. The Labute approximate surface area is 150 Å². The number of hydrogen-bond donors (Lipinski definition) is 1. The van der Waals surface area contributed by atoms with Crippen molar-refractivity contribution in [2.24, 2.45) is 0 Å². The minimum absolute atomic E-state index is 0.0502. The van der Waals surface area contributed by atoms with Gasteiger partial charge in [-0.25, -0.2) is 4.98 Å². The molecule has 0 atom stereocenters. The number of nitrogens with zero attached hydrogens (tertiary/aromatic N) is 2. The van der Waals surface area contributed by atoms with Gasteiger partial charge in [0, 0.05) is 22.9 Å². The van der Waals surface area contributed by atoms with Crippen molar-refractivity contribution in [3.8, 4) is 17.0 Å². The first kappa shape index (κ1) is 15.9. The van der Waals surface area contributed by atoms with Crippen molar-refractivity contribution in [2.75, 3.05) is 12.8 Å². The Morgan fingerprint density at radius 1 is 0.962 bits per heavy atom. The first-order chi connectivity index (χ1) is 12.7. The van der Waals surface area contributed by atoms with Crippen LogP contribution < -0.4 is 10.5 Å². The normalized spacial score (nSPS) is 10.8. The number of nitrogens with two attached hydrogens (primary N) is 1. The lowest BCUT2D eigenvalue weighted by Crippen LogP contribution is -2.03. The van der Waals surface area contributed by atoms with Crippen LogP contribution in [0.4, 0.5) is 5.82 Å². The highest BCUT2D eigenvalue weighted by molar-refractivity contribution is 6.09. The van der Waals surface area contributed by atoms with Crippen LogP contribution in [0.3, 0.4) is 0 Å². The Morgan fingerprint density at radius 3 is 2.46 bits per heavy atom. The molecule has 0 fully saturated rings. The van der Waals surface area contributed by atoms with Crippen molar-refractivity contribution in [1.29, 1.82) is 0 Å². The van der Waals surface area contributed by atoms with Gasteiger partial charge >= 0.3 is 0 Å². The second kappa shape index (κ2) is 6.37. The molecular formula is C21H17N3O2. The SMILES string of the molecule is COc1ccccc1-c1c(N)nc2ccc(C(=O)c3ccccc3)cn12. The van der Waals surface area contributed by atoms with Crippen molar-refractivity contribution in [1.82, 2.24) is 9.38 Å². The number of anilines is 1. The van der Waals surface area contributed by atoms with E-state index in [0.717, 1.165) is 5.56 Å². The summed E-state index contributed by atoms with van der Waals surface area (Å²) in [6.45, 7) is 0. The maximum Gasteiger partial charge on any atom is 0.194 e. The van der Waals surface area contributed by atoms with Gasteiger partial charge in [-0.15, -0.1) is 0 Å². The number of ether oxygens (including phenoxy) is 1. The number of hydrogen-bond acceptors (Lipinski definition) is 4. The Balaban J connectivity index is 1.90. The number of fused-ring (bicyclic) bond motifs is 1. The van der Waals surface area contributed by atoms with Crippen LogP contribution in [-0.4, -0.2) is 22.3 Å². The molecule has 2 heterocycles. The number of imidazole rings is 1. The molecule has 2 N–H and O–H groups in total. The molecule has 4 aromatic rings. The van der Waals surface area contributed by atoms with Gasteiger partial charge < -0.3 is 10.5 Å². The van der Waals surface area contributed by atoms with Gasteiger partial charge in [-0.2, -0.15) is 0 Å². The van der Waals surface area contributed by atoms with E-state index in [-0.39, 0.29) is 5.78 Å². The van der Waals surface area contributed by atoms with E-state index in [1.54, 1.807) is 37.6 Å². The molecule has 0 unspecified atom stereocenters. The lowest BCUT2D eigenvalue weighted by molar-refractivity contribution is 0.103. The molecule has 5 heteroatoms. The van der Waals surface area contributed by atoms with Gasteiger partial charge in [-0.1, -0.05) is 42.5 Å². The highest BCUT2D eigenvalue weighted by atomic mass is 16.5. The smallest absolute Gasteiger partial charge is 0.194 e. The van der Waals surface area contributed by atoms with Crippen molar-refractivity contribution in [3.63, 3.8) is 0 Å². The summed E-state index contributed by atoms with van der Waals surface area (Å²) < 4.78 is 7.29.